The van der Waals surface area contributed by atoms with Crippen molar-refractivity contribution in [1.82, 2.24) is 9.80 Å². The molecule has 23 heavy (non-hydrogen) atoms. The molecule has 1 rings (SSSR count). The van der Waals surface area contributed by atoms with Gasteiger partial charge in [0.2, 0.25) is 11.8 Å². The van der Waals surface area contributed by atoms with Crippen LogP contribution in [0, 0.1) is 11.6 Å². The van der Waals surface area contributed by atoms with Crippen LogP contribution in [0.5, 0.6) is 0 Å². The van der Waals surface area contributed by atoms with E-state index in [9.17, 15) is 18.4 Å². The van der Waals surface area contributed by atoms with Gasteiger partial charge in [-0.2, -0.15) is 0 Å². The number of nitrogens with zero attached hydrogens (tertiary/aromatic N) is 2. The lowest BCUT2D eigenvalue weighted by Crippen LogP contribution is -2.37. The fourth-order valence-electron chi connectivity index (χ4n) is 1.80. The Hall–Kier alpha value is -1.67. The number of likely N-dealkylation sites (N-methyl/N-ethyl adjacent to an activating group) is 1. The van der Waals surface area contributed by atoms with Gasteiger partial charge in [-0.25, -0.2) is 8.78 Å². The lowest BCUT2D eigenvalue weighted by molar-refractivity contribution is -0.129. The summed E-state index contributed by atoms with van der Waals surface area (Å²) in [6.07, 6.45) is 0. The first-order valence-electron chi connectivity index (χ1n) is 7.02. The molecular formula is C15H21F2N3O2S. The van der Waals surface area contributed by atoms with Crippen LogP contribution in [0.25, 0.3) is 0 Å². The minimum absolute atomic E-state index is 0.0679. The van der Waals surface area contributed by atoms with Crippen molar-refractivity contribution in [2.45, 2.75) is 6.54 Å². The van der Waals surface area contributed by atoms with E-state index in [0.717, 1.165) is 23.9 Å². The first-order valence-corrected chi connectivity index (χ1v) is 8.17. The van der Waals surface area contributed by atoms with Gasteiger partial charge in [0.25, 0.3) is 0 Å². The summed E-state index contributed by atoms with van der Waals surface area (Å²) in [7, 11) is 3.75. The number of nitrogens with two attached hydrogens (primary N) is 1. The van der Waals surface area contributed by atoms with E-state index < -0.39 is 17.5 Å². The Balaban J connectivity index is 2.72. The summed E-state index contributed by atoms with van der Waals surface area (Å²) in [4.78, 5) is 26.5. The molecule has 0 bridgehead atoms. The van der Waals surface area contributed by atoms with Crippen LogP contribution in [0.2, 0.25) is 0 Å². The average Bonchev–Trinajstić information content (AvgIpc) is 2.46. The second kappa shape index (κ2) is 9.46. The van der Waals surface area contributed by atoms with Crippen LogP contribution in [0.4, 0.5) is 8.78 Å². The fraction of sp³-hybridized carbons (Fsp3) is 0.467. The van der Waals surface area contributed by atoms with Gasteiger partial charge in [0.1, 0.15) is 0 Å². The number of halogens is 2. The molecule has 1 aromatic carbocycles. The number of thioether (sulfide) groups is 1. The van der Waals surface area contributed by atoms with Crippen molar-refractivity contribution in [1.29, 1.82) is 0 Å². The minimum atomic E-state index is -0.939. The number of amides is 2. The Morgan fingerprint density at radius 1 is 1.13 bits per heavy atom. The van der Waals surface area contributed by atoms with E-state index in [2.05, 4.69) is 0 Å². The summed E-state index contributed by atoms with van der Waals surface area (Å²) < 4.78 is 26.3. The van der Waals surface area contributed by atoms with Crippen LogP contribution in [-0.4, -0.2) is 60.3 Å². The number of hydrogen-bond acceptors (Lipinski definition) is 4. The smallest absolute Gasteiger partial charge is 0.232 e. The van der Waals surface area contributed by atoms with Crippen molar-refractivity contribution < 1.29 is 18.4 Å². The molecule has 0 atom stereocenters. The predicted octanol–water partition coefficient (Wildman–Crippen LogP) is 1.07. The largest absolute Gasteiger partial charge is 0.369 e. The third-order valence-electron chi connectivity index (χ3n) is 3.00. The third kappa shape index (κ3) is 7.43. The maximum absolute atomic E-state index is 13.3. The van der Waals surface area contributed by atoms with Crippen molar-refractivity contribution in [3.63, 3.8) is 0 Å². The SMILES string of the molecule is CN(C)CCN(Cc1ccc(F)c(F)c1)C(=O)CSCC(N)=O. The summed E-state index contributed by atoms with van der Waals surface area (Å²) in [6, 6.07) is 3.58. The zero-order valence-corrected chi connectivity index (χ0v) is 14.0. The molecule has 0 fully saturated rings. The van der Waals surface area contributed by atoms with Gasteiger partial charge in [0.05, 0.1) is 11.5 Å². The van der Waals surface area contributed by atoms with Crippen LogP contribution in [0.3, 0.4) is 0 Å². The van der Waals surface area contributed by atoms with E-state index in [-0.39, 0.29) is 24.0 Å². The first kappa shape index (κ1) is 19.4. The highest BCUT2D eigenvalue weighted by Gasteiger charge is 2.15. The summed E-state index contributed by atoms with van der Waals surface area (Å²) in [5.74, 6) is -2.34. The second-order valence-electron chi connectivity index (χ2n) is 5.33. The molecule has 0 heterocycles. The van der Waals surface area contributed by atoms with E-state index >= 15 is 0 Å². The fourth-order valence-corrected chi connectivity index (χ4v) is 2.46. The van der Waals surface area contributed by atoms with Crippen molar-refractivity contribution in [3.8, 4) is 0 Å². The van der Waals surface area contributed by atoms with E-state index in [0.29, 0.717) is 18.7 Å². The monoisotopic (exact) mass is 345 g/mol. The standard InChI is InChI=1S/C15H21F2N3O2S/c1-19(2)5-6-20(15(22)10-23-9-14(18)21)8-11-3-4-12(16)13(17)7-11/h3-4,7H,5-6,8-10H2,1-2H3,(H2,18,21). The van der Waals surface area contributed by atoms with Crippen LogP contribution < -0.4 is 5.73 Å². The third-order valence-corrected chi connectivity index (χ3v) is 3.94. The summed E-state index contributed by atoms with van der Waals surface area (Å²) in [6.45, 7) is 1.26. The first-order chi connectivity index (χ1) is 10.8. The normalized spacial score (nSPS) is 10.8. The number of carbonyl (C=O) groups excluding carboxylic acids is 2. The molecule has 0 spiro atoms. The van der Waals surface area contributed by atoms with Gasteiger partial charge in [-0.15, -0.1) is 11.8 Å². The van der Waals surface area contributed by atoms with Gasteiger partial charge in [-0.05, 0) is 31.8 Å². The molecule has 128 valence electrons. The number of carbonyl (C=O) groups is 2. The van der Waals surface area contributed by atoms with Crippen LogP contribution in [0.15, 0.2) is 18.2 Å². The number of primary amides is 1. The molecule has 2 amide bonds. The number of hydrogen-bond donors (Lipinski definition) is 1. The Morgan fingerprint density at radius 2 is 1.83 bits per heavy atom. The topological polar surface area (TPSA) is 66.6 Å². The van der Waals surface area contributed by atoms with E-state index in [4.69, 9.17) is 5.73 Å². The molecule has 2 N–H and O–H groups in total. The van der Waals surface area contributed by atoms with Crippen LogP contribution in [0.1, 0.15) is 5.56 Å². The Kier molecular flexibility index (Phi) is 7.97. The van der Waals surface area contributed by atoms with E-state index in [1.54, 1.807) is 4.90 Å². The van der Waals surface area contributed by atoms with E-state index in [1.807, 2.05) is 19.0 Å². The molecule has 0 aliphatic rings. The van der Waals surface area contributed by atoms with Gasteiger partial charge < -0.3 is 15.5 Å². The summed E-state index contributed by atoms with van der Waals surface area (Å²) in [5.41, 5.74) is 5.55. The highest BCUT2D eigenvalue weighted by Crippen LogP contribution is 2.12. The number of rotatable bonds is 9. The van der Waals surface area contributed by atoms with Crippen molar-refractivity contribution in [2.24, 2.45) is 5.73 Å². The molecule has 0 saturated heterocycles. The molecule has 0 aliphatic heterocycles. The highest BCUT2D eigenvalue weighted by atomic mass is 32.2. The molecule has 0 unspecified atom stereocenters. The highest BCUT2D eigenvalue weighted by molar-refractivity contribution is 8.00. The second-order valence-corrected chi connectivity index (χ2v) is 6.31. The maximum Gasteiger partial charge on any atom is 0.232 e. The quantitative estimate of drug-likeness (QED) is 0.727. The molecule has 1 aromatic rings. The summed E-state index contributed by atoms with van der Waals surface area (Å²) >= 11 is 1.13. The van der Waals surface area contributed by atoms with Crippen molar-refractivity contribution >= 4 is 23.6 Å². The molecular weight excluding hydrogens is 324 g/mol. The van der Waals surface area contributed by atoms with Gasteiger partial charge in [-0.3, -0.25) is 9.59 Å². The van der Waals surface area contributed by atoms with Gasteiger partial charge in [-0.1, -0.05) is 6.07 Å². The zero-order valence-electron chi connectivity index (χ0n) is 13.2. The lowest BCUT2D eigenvalue weighted by Gasteiger charge is -2.24. The molecule has 0 saturated carbocycles. The van der Waals surface area contributed by atoms with Crippen molar-refractivity contribution in [3.05, 3.63) is 35.4 Å². The Morgan fingerprint density at radius 3 is 2.39 bits per heavy atom. The minimum Gasteiger partial charge on any atom is -0.369 e. The Bertz CT molecular complexity index is 556. The predicted molar refractivity (Wildman–Crippen MR) is 86.8 cm³/mol. The van der Waals surface area contributed by atoms with E-state index in [1.165, 1.54) is 6.07 Å². The lowest BCUT2D eigenvalue weighted by atomic mass is 10.2. The van der Waals surface area contributed by atoms with Gasteiger partial charge in [0, 0.05) is 19.6 Å². The Labute approximate surface area is 138 Å². The average molecular weight is 345 g/mol. The van der Waals surface area contributed by atoms with Crippen LogP contribution >= 0.6 is 11.8 Å². The molecule has 0 aromatic heterocycles. The molecule has 0 aliphatic carbocycles. The van der Waals surface area contributed by atoms with Crippen LogP contribution in [-0.2, 0) is 16.1 Å². The van der Waals surface area contributed by atoms with Crippen molar-refractivity contribution in [2.75, 3.05) is 38.7 Å². The van der Waals surface area contributed by atoms with Gasteiger partial charge in [0.15, 0.2) is 11.6 Å². The number of benzene rings is 1. The zero-order chi connectivity index (χ0) is 17.4. The molecule has 5 nitrogen and oxygen atoms in total. The molecule has 8 heteroatoms. The molecule has 0 radical (unpaired) electrons. The van der Waals surface area contributed by atoms with Gasteiger partial charge >= 0.3 is 0 Å². The summed E-state index contributed by atoms with van der Waals surface area (Å²) in [5, 5.41) is 0. The maximum atomic E-state index is 13.3.